The zero-order valence-electron chi connectivity index (χ0n) is 10.9. The number of carbonyl (C=O) groups excluding carboxylic acids is 1. The van der Waals surface area contributed by atoms with E-state index < -0.39 is 0 Å². The zero-order chi connectivity index (χ0) is 12.1. The van der Waals surface area contributed by atoms with Gasteiger partial charge in [0.1, 0.15) is 0 Å². The normalized spacial score (nSPS) is 23.1. The van der Waals surface area contributed by atoms with Crippen molar-refractivity contribution in [3.05, 3.63) is 0 Å². The Morgan fingerprint density at radius 2 is 2.00 bits per heavy atom. The Morgan fingerprint density at radius 1 is 1.29 bits per heavy atom. The van der Waals surface area contributed by atoms with E-state index in [0.717, 1.165) is 25.9 Å². The first-order chi connectivity index (χ1) is 8.24. The summed E-state index contributed by atoms with van der Waals surface area (Å²) >= 11 is 0. The summed E-state index contributed by atoms with van der Waals surface area (Å²) in [5.74, 6) is 0.542. The summed E-state index contributed by atoms with van der Waals surface area (Å²) in [5.41, 5.74) is 0. The molecular formula is C13H25N3O. The fourth-order valence-corrected chi connectivity index (χ4v) is 2.53. The molecule has 1 saturated carbocycles. The van der Waals surface area contributed by atoms with Crippen molar-refractivity contribution in [1.82, 2.24) is 15.5 Å². The Hall–Kier alpha value is -0.770. The highest BCUT2D eigenvalue weighted by atomic mass is 16.2. The Morgan fingerprint density at radius 3 is 2.59 bits per heavy atom. The highest BCUT2D eigenvalue weighted by Crippen LogP contribution is 2.17. The van der Waals surface area contributed by atoms with Crippen LogP contribution in [-0.2, 0) is 0 Å². The number of carbonyl (C=O) groups is 1. The molecule has 1 unspecified atom stereocenters. The molecule has 4 heteroatoms. The van der Waals surface area contributed by atoms with Crippen LogP contribution in [0.4, 0.5) is 4.79 Å². The molecule has 2 rings (SSSR count). The zero-order valence-corrected chi connectivity index (χ0v) is 10.9. The predicted octanol–water partition coefficient (Wildman–Crippen LogP) is 1.57. The molecule has 0 aromatic carbocycles. The van der Waals surface area contributed by atoms with Crippen LogP contribution in [0, 0.1) is 5.92 Å². The Kier molecular flexibility index (Phi) is 4.66. The molecule has 1 saturated heterocycles. The van der Waals surface area contributed by atoms with E-state index in [-0.39, 0.29) is 6.03 Å². The van der Waals surface area contributed by atoms with Gasteiger partial charge >= 0.3 is 6.03 Å². The first kappa shape index (κ1) is 12.7. The van der Waals surface area contributed by atoms with Crippen molar-refractivity contribution in [2.45, 2.75) is 45.1 Å². The first-order valence-corrected chi connectivity index (χ1v) is 7.01. The number of nitrogens with zero attached hydrogens (tertiary/aromatic N) is 1. The molecular weight excluding hydrogens is 214 g/mol. The monoisotopic (exact) mass is 239 g/mol. The van der Waals surface area contributed by atoms with E-state index in [1.54, 1.807) is 0 Å². The third kappa shape index (κ3) is 4.19. The lowest BCUT2D eigenvalue weighted by atomic mass is 9.93. The van der Waals surface area contributed by atoms with Gasteiger partial charge < -0.3 is 15.5 Å². The Balaban J connectivity index is 1.54. The highest BCUT2D eigenvalue weighted by Gasteiger charge is 2.19. The predicted molar refractivity (Wildman–Crippen MR) is 69.0 cm³/mol. The van der Waals surface area contributed by atoms with Crippen molar-refractivity contribution in [2.24, 2.45) is 5.92 Å². The molecule has 2 amide bonds. The van der Waals surface area contributed by atoms with Crippen LogP contribution in [0.3, 0.4) is 0 Å². The number of rotatable bonds is 5. The summed E-state index contributed by atoms with van der Waals surface area (Å²) in [6, 6.07) is 0.451. The quantitative estimate of drug-likeness (QED) is 0.765. The van der Waals surface area contributed by atoms with Crippen molar-refractivity contribution in [2.75, 3.05) is 26.2 Å². The fraction of sp³-hybridized carbons (Fsp3) is 0.923. The van der Waals surface area contributed by atoms with Gasteiger partial charge in [0.15, 0.2) is 0 Å². The lowest BCUT2D eigenvalue weighted by molar-refractivity contribution is 0.223. The second kappa shape index (κ2) is 6.24. The average molecular weight is 239 g/mol. The van der Waals surface area contributed by atoms with Gasteiger partial charge in [0, 0.05) is 19.1 Å². The molecule has 2 aliphatic rings. The van der Waals surface area contributed by atoms with E-state index in [4.69, 9.17) is 0 Å². The molecule has 2 N–H and O–H groups in total. The number of likely N-dealkylation sites (tertiary alicyclic amines) is 1. The molecule has 0 bridgehead atoms. The maximum Gasteiger partial charge on any atom is 0.315 e. The van der Waals surface area contributed by atoms with E-state index in [1.165, 1.54) is 32.4 Å². The van der Waals surface area contributed by atoms with Gasteiger partial charge in [-0.3, -0.25) is 0 Å². The molecule has 0 spiro atoms. The van der Waals surface area contributed by atoms with Crippen molar-refractivity contribution >= 4 is 6.03 Å². The van der Waals surface area contributed by atoms with Crippen LogP contribution in [0.25, 0.3) is 0 Å². The van der Waals surface area contributed by atoms with Gasteiger partial charge in [0.2, 0.25) is 0 Å². The van der Waals surface area contributed by atoms with Gasteiger partial charge in [-0.15, -0.1) is 0 Å². The van der Waals surface area contributed by atoms with E-state index in [2.05, 4.69) is 22.5 Å². The van der Waals surface area contributed by atoms with E-state index in [0.29, 0.717) is 12.0 Å². The average Bonchev–Trinajstić information content (AvgIpc) is 2.73. The summed E-state index contributed by atoms with van der Waals surface area (Å²) in [6.45, 7) is 6.58. The van der Waals surface area contributed by atoms with E-state index in [1.807, 2.05) is 0 Å². The van der Waals surface area contributed by atoms with Gasteiger partial charge in [-0.1, -0.05) is 6.92 Å². The lowest BCUT2D eigenvalue weighted by Crippen LogP contribution is -2.46. The first-order valence-electron chi connectivity index (χ1n) is 7.01. The minimum atomic E-state index is 0.0166. The molecule has 1 aliphatic carbocycles. The standard InChI is InChI=1S/C13H25N3O/c1-11(10-16-7-2-3-8-16)9-14-13(17)15-12-5-4-6-12/h11-12H,2-10H2,1H3,(H2,14,15,17). The second-order valence-corrected chi connectivity index (χ2v) is 5.60. The summed E-state index contributed by atoms with van der Waals surface area (Å²) in [6.07, 6.45) is 6.23. The maximum absolute atomic E-state index is 11.6. The summed E-state index contributed by atoms with van der Waals surface area (Å²) in [4.78, 5) is 14.0. The molecule has 1 aliphatic heterocycles. The molecule has 2 fully saturated rings. The second-order valence-electron chi connectivity index (χ2n) is 5.60. The van der Waals surface area contributed by atoms with Crippen LogP contribution in [0.2, 0.25) is 0 Å². The van der Waals surface area contributed by atoms with Crippen LogP contribution < -0.4 is 10.6 Å². The van der Waals surface area contributed by atoms with Crippen LogP contribution >= 0.6 is 0 Å². The third-order valence-electron chi connectivity index (χ3n) is 3.82. The largest absolute Gasteiger partial charge is 0.338 e. The van der Waals surface area contributed by atoms with Crippen LogP contribution in [-0.4, -0.2) is 43.2 Å². The summed E-state index contributed by atoms with van der Waals surface area (Å²) < 4.78 is 0. The Bertz CT molecular complexity index is 247. The van der Waals surface area contributed by atoms with E-state index in [9.17, 15) is 4.79 Å². The number of hydrogen-bond donors (Lipinski definition) is 2. The molecule has 0 radical (unpaired) electrons. The molecule has 4 nitrogen and oxygen atoms in total. The maximum atomic E-state index is 11.6. The van der Waals surface area contributed by atoms with Crippen LogP contribution in [0.1, 0.15) is 39.0 Å². The lowest BCUT2D eigenvalue weighted by Gasteiger charge is -2.27. The van der Waals surface area contributed by atoms with Gasteiger partial charge in [0.05, 0.1) is 0 Å². The minimum Gasteiger partial charge on any atom is -0.338 e. The van der Waals surface area contributed by atoms with E-state index >= 15 is 0 Å². The SMILES string of the molecule is CC(CNC(=O)NC1CCC1)CN1CCCC1. The Labute approximate surface area is 104 Å². The van der Waals surface area contributed by atoms with Crippen molar-refractivity contribution in [1.29, 1.82) is 0 Å². The van der Waals surface area contributed by atoms with Crippen LogP contribution in [0.15, 0.2) is 0 Å². The van der Waals surface area contributed by atoms with Crippen molar-refractivity contribution < 1.29 is 4.79 Å². The van der Waals surface area contributed by atoms with Gasteiger partial charge in [-0.2, -0.15) is 0 Å². The number of nitrogens with one attached hydrogen (secondary N) is 2. The summed E-state index contributed by atoms with van der Waals surface area (Å²) in [5, 5.41) is 5.98. The number of urea groups is 1. The van der Waals surface area contributed by atoms with Crippen molar-refractivity contribution in [3.63, 3.8) is 0 Å². The topological polar surface area (TPSA) is 44.4 Å². The molecule has 1 heterocycles. The molecule has 98 valence electrons. The molecule has 1 atom stereocenters. The third-order valence-corrected chi connectivity index (χ3v) is 3.82. The summed E-state index contributed by atoms with van der Waals surface area (Å²) in [7, 11) is 0. The highest BCUT2D eigenvalue weighted by molar-refractivity contribution is 5.74. The number of amides is 2. The van der Waals surface area contributed by atoms with Gasteiger partial charge in [-0.05, 0) is 51.1 Å². The number of hydrogen-bond acceptors (Lipinski definition) is 2. The minimum absolute atomic E-state index is 0.0166. The van der Waals surface area contributed by atoms with Crippen molar-refractivity contribution in [3.8, 4) is 0 Å². The van der Waals surface area contributed by atoms with Crippen LogP contribution in [0.5, 0.6) is 0 Å². The smallest absolute Gasteiger partial charge is 0.315 e. The molecule has 0 aromatic heterocycles. The fourth-order valence-electron chi connectivity index (χ4n) is 2.53. The van der Waals surface area contributed by atoms with Gasteiger partial charge in [0.25, 0.3) is 0 Å². The molecule has 17 heavy (non-hydrogen) atoms. The molecule has 0 aromatic rings. The van der Waals surface area contributed by atoms with Gasteiger partial charge in [-0.25, -0.2) is 4.79 Å².